The van der Waals surface area contributed by atoms with Crippen molar-refractivity contribution in [2.45, 2.75) is 114 Å². The summed E-state index contributed by atoms with van der Waals surface area (Å²) in [6.45, 7) is 10.6. The van der Waals surface area contributed by atoms with Gasteiger partial charge in [0.05, 0.1) is 0 Å². The van der Waals surface area contributed by atoms with Crippen LogP contribution in [0.15, 0.2) is 36.4 Å². The molecule has 0 saturated carbocycles. The highest BCUT2D eigenvalue weighted by atomic mass is 15.3. The molecule has 3 aliphatic carbocycles. The maximum Gasteiger partial charge on any atom is 0.0456 e. The molecule has 6 heterocycles. The van der Waals surface area contributed by atoms with E-state index in [1.807, 2.05) is 0 Å². The molecule has 3 aromatic carbocycles. The van der Waals surface area contributed by atoms with Crippen molar-refractivity contribution in [1.29, 1.82) is 0 Å². The highest BCUT2D eigenvalue weighted by molar-refractivity contribution is 5.70. The van der Waals surface area contributed by atoms with E-state index >= 15 is 0 Å². The van der Waals surface area contributed by atoms with E-state index in [9.17, 15) is 0 Å². The van der Waals surface area contributed by atoms with Crippen molar-refractivity contribution in [3.8, 4) is 0 Å². The van der Waals surface area contributed by atoms with Gasteiger partial charge < -0.3 is 30.7 Å². The second-order valence-corrected chi connectivity index (χ2v) is 17.0. The molecular formula is C45H60N6. The van der Waals surface area contributed by atoms with E-state index in [0.29, 0.717) is 0 Å². The van der Waals surface area contributed by atoms with Crippen molar-refractivity contribution in [2.24, 2.45) is 0 Å². The van der Waals surface area contributed by atoms with E-state index in [1.165, 1.54) is 136 Å². The Labute approximate surface area is 306 Å². The van der Waals surface area contributed by atoms with Crippen LogP contribution in [0.3, 0.4) is 0 Å². The quantitative estimate of drug-likeness (QED) is 0.265. The number of benzene rings is 3. The van der Waals surface area contributed by atoms with Crippen LogP contribution in [0.4, 0.5) is 17.1 Å². The predicted octanol–water partition coefficient (Wildman–Crippen LogP) is 5.70. The van der Waals surface area contributed by atoms with Crippen molar-refractivity contribution in [2.75, 3.05) is 73.6 Å². The summed E-state index contributed by atoms with van der Waals surface area (Å²) in [5, 5.41) is 10.6. The molecule has 3 unspecified atom stereocenters. The van der Waals surface area contributed by atoms with Gasteiger partial charge >= 0.3 is 0 Å². The number of piperazine rings is 3. The molecule has 6 heteroatoms. The van der Waals surface area contributed by atoms with Gasteiger partial charge in [-0.05, 0) is 140 Å². The van der Waals surface area contributed by atoms with Crippen molar-refractivity contribution in [3.05, 3.63) is 86.5 Å². The van der Waals surface area contributed by atoms with Gasteiger partial charge in [0.2, 0.25) is 0 Å². The van der Waals surface area contributed by atoms with Gasteiger partial charge in [0.15, 0.2) is 0 Å². The molecule has 6 aliphatic heterocycles. The van der Waals surface area contributed by atoms with Crippen LogP contribution in [0.1, 0.15) is 88.6 Å². The second kappa shape index (κ2) is 14.1. The van der Waals surface area contributed by atoms with Crippen LogP contribution in [-0.2, 0) is 57.8 Å². The molecule has 0 aromatic heterocycles. The Morgan fingerprint density at radius 3 is 1.16 bits per heavy atom. The Kier molecular flexibility index (Phi) is 8.98. The zero-order valence-electron chi connectivity index (χ0n) is 31.0. The molecule has 3 N–H and O–H groups in total. The van der Waals surface area contributed by atoms with Crippen molar-refractivity contribution in [1.82, 2.24) is 16.0 Å². The molecule has 0 amide bonds. The van der Waals surface area contributed by atoms with Crippen LogP contribution < -0.4 is 30.7 Å². The molecule has 0 radical (unpaired) electrons. The number of hydrogen-bond donors (Lipinski definition) is 3. The lowest BCUT2D eigenvalue weighted by atomic mass is 9.88. The number of rotatable bonds is 0. The monoisotopic (exact) mass is 684 g/mol. The fraction of sp³-hybridized carbons (Fsp3) is 0.600. The lowest BCUT2D eigenvalue weighted by molar-refractivity contribution is 0.493. The van der Waals surface area contributed by atoms with Gasteiger partial charge in [-0.15, -0.1) is 0 Å². The summed E-state index contributed by atoms with van der Waals surface area (Å²) < 4.78 is 0. The molecule has 3 saturated heterocycles. The van der Waals surface area contributed by atoms with Crippen molar-refractivity contribution >= 4 is 17.1 Å². The second-order valence-electron chi connectivity index (χ2n) is 17.0. The predicted molar refractivity (Wildman–Crippen MR) is 212 cm³/mol. The largest absolute Gasteiger partial charge is 0.365 e. The Hall–Kier alpha value is -3.06. The third-order valence-corrected chi connectivity index (χ3v) is 14.0. The van der Waals surface area contributed by atoms with Crippen LogP contribution in [0.2, 0.25) is 0 Å². The molecule has 3 aromatic rings. The van der Waals surface area contributed by atoms with E-state index in [2.05, 4.69) is 67.0 Å². The summed E-state index contributed by atoms with van der Waals surface area (Å²) in [6.07, 6.45) is 20.0. The first-order chi connectivity index (χ1) is 25.3. The van der Waals surface area contributed by atoms with Crippen LogP contribution in [0, 0.1) is 0 Å². The van der Waals surface area contributed by atoms with Crippen LogP contribution in [-0.4, -0.2) is 77.0 Å². The number of hydrogen-bond acceptors (Lipinski definition) is 6. The maximum atomic E-state index is 3.54. The zero-order valence-corrected chi connectivity index (χ0v) is 31.0. The standard InChI is InChI=1S/C16H22N2.C15H20N2.C14H18N2/c1-2-4-12-6-7-13-10-14-11-17-8-9-18(14)16(13)15(12)5-3-1;1-2-4-14-11(3-1)5-6-12-9-13-10-16-7-8-17(13)15(12)14;1-2-10-4-5-11-8-12-9-15-6-7-16(12)14(11)13(10)3-1/h6-7,14,17H,1-5,8-11H2;5-6,13,16H,1-4,7-10H2;4-5,12,15H,1-3,6-9H2. The molecule has 9 aliphatic rings. The third-order valence-electron chi connectivity index (χ3n) is 14.0. The first-order valence-electron chi connectivity index (χ1n) is 21.1. The van der Waals surface area contributed by atoms with E-state index < -0.39 is 0 Å². The summed E-state index contributed by atoms with van der Waals surface area (Å²) in [6, 6.07) is 16.6. The number of nitrogens with zero attached hydrogens (tertiary/aromatic N) is 3. The third kappa shape index (κ3) is 5.98. The van der Waals surface area contributed by atoms with E-state index in [1.54, 1.807) is 67.1 Å². The summed E-state index contributed by atoms with van der Waals surface area (Å²) in [5.74, 6) is 0. The van der Waals surface area contributed by atoms with E-state index in [4.69, 9.17) is 0 Å². The Morgan fingerprint density at radius 1 is 0.373 bits per heavy atom. The highest BCUT2D eigenvalue weighted by Gasteiger charge is 2.36. The Balaban J connectivity index is 0.0000000964. The van der Waals surface area contributed by atoms with E-state index in [-0.39, 0.29) is 0 Å². The van der Waals surface area contributed by atoms with Crippen LogP contribution >= 0.6 is 0 Å². The summed E-state index contributed by atoms with van der Waals surface area (Å²) in [5.41, 5.74) is 19.7. The Bertz CT molecular complexity index is 1760. The van der Waals surface area contributed by atoms with Gasteiger partial charge in [-0.25, -0.2) is 0 Å². The number of anilines is 3. The molecule has 0 spiro atoms. The summed E-state index contributed by atoms with van der Waals surface area (Å²) >= 11 is 0. The minimum atomic E-state index is 0.725. The topological polar surface area (TPSA) is 45.8 Å². The number of nitrogens with one attached hydrogen (secondary N) is 3. The number of aryl methyl sites for hydroxylation is 3. The van der Waals surface area contributed by atoms with Gasteiger partial charge in [-0.2, -0.15) is 0 Å². The maximum absolute atomic E-state index is 3.54. The normalized spacial score (nSPS) is 26.4. The lowest BCUT2D eigenvalue weighted by Crippen LogP contribution is -2.49. The molecule has 3 atom stereocenters. The average molecular weight is 685 g/mol. The molecule has 270 valence electrons. The summed E-state index contributed by atoms with van der Waals surface area (Å²) in [4.78, 5) is 8.07. The van der Waals surface area contributed by atoms with Crippen molar-refractivity contribution in [3.63, 3.8) is 0 Å². The Morgan fingerprint density at radius 2 is 0.706 bits per heavy atom. The van der Waals surface area contributed by atoms with Gasteiger partial charge in [0.1, 0.15) is 0 Å². The van der Waals surface area contributed by atoms with Gasteiger partial charge in [-0.1, -0.05) is 42.8 Å². The fourth-order valence-corrected chi connectivity index (χ4v) is 11.6. The molecule has 51 heavy (non-hydrogen) atoms. The van der Waals surface area contributed by atoms with Crippen LogP contribution in [0.25, 0.3) is 0 Å². The molecule has 12 rings (SSSR count). The minimum Gasteiger partial charge on any atom is -0.365 e. The van der Waals surface area contributed by atoms with E-state index in [0.717, 1.165) is 37.8 Å². The smallest absolute Gasteiger partial charge is 0.0456 e. The molecule has 0 bridgehead atoms. The zero-order chi connectivity index (χ0) is 33.7. The fourth-order valence-electron chi connectivity index (χ4n) is 11.6. The minimum absolute atomic E-state index is 0.725. The molecule has 3 fully saturated rings. The van der Waals surface area contributed by atoms with Gasteiger partial charge in [-0.3, -0.25) is 0 Å². The summed E-state index contributed by atoms with van der Waals surface area (Å²) in [7, 11) is 0. The van der Waals surface area contributed by atoms with Crippen LogP contribution in [0.5, 0.6) is 0 Å². The lowest BCUT2D eigenvalue weighted by Gasteiger charge is -2.34. The molecule has 6 nitrogen and oxygen atoms in total. The van der Waals surface area contributed by atoms with Gasteiger partial charge in [0.25, 0.3) is 0 Å². The van der Waals surface area contributed by atoms with Crippen molar-refractivity contribution < 1.29 is 0 Å². The number of fused-ring (bicyclic) bond motifs is 15. The molecular weight excluding hydrogens is 625 g/mol. The first-order valence-corrected chi connectivity index (χ1v) is 21.1. The first kappa shape index (κ1) is 32.6. The van der Waals surface area contributed by atoms with Gasteiger partial charge in [0, 0.05) is 94.1 Å². The average Bonchev–Trinajstić information content (AvgIpc) is 3.95. The highest BCUT2D eigenvalue weighted by Crippen LogP contribution is 2.43. The SMILES string of the molecule is c1cc2c(c3c1CCC3)N1CCNCC1C2.c1cc2c(c3c1CCCC3)N1CCNCC1C2.c1cc2c(c3c1CCCCC3)N1CCNCC1C2.